The Labute approximate surface area is 117 Å². The molecule has 0 aliphatic heterocycles. The van der Waals surface area contributed by atoms with Crippen LogP contribution in [0.3, 0.4) is 0 Å². The van der Waals surface area contributed by atoms with Gasteiger partial charge in [0.25, 0.3) is 5.91 Å². The molecule has 0 atom stereocenters. The number of methoxy groups -OCH3 is 1. The first-order valence-electron chi connectivity index (χ1n) is 6.06. The van der Waals surface area contributed by atoms with Crippen molar-refractivity contribution in [2.75, 3.05) is 19.9 Å². The molecule has 0 spiro atoms. The third-order valence-corrected chi connectivity index (χ3v) is 2.77. The third kappa shape index (κ3) is 3.23. The van der Waals surface area contributed by atoms with E-state index in [1.54, 1.807) is 19.1 Å². The minimum Gasteiger partial charge on any atom is -0.497 e. The van der Waals surface area contributed by atoms with Crippen molar-refractivity contribution in [1.29, 1.82) is 0 Å². The molecule has 0 aliphatic carbocycles. The van der Waals surface area contributed by atoms with Gasteiger partial charge in [-0.1, -0.05) is 12.1 Å². The fraction of sp³-hybridized carbons (Fsp3) is 0.214. The SMILES string of the molecule is COc1cccc(CN(C)C(=O)c2cncc(N)n2)c1. The van der Waals surface area contributed by atoms with Crippen molar-refractivity contribution in [3.63, 3.8) is 0 Å². The quantitative estimate of drug-likeness (QED) is 0.908. The number of nitrogen functional groups attached to an aromatic ring is 1. The molecule has 6 nitrogen and oxygen atoms in total. The van der Waals surface area contributed by atoms with Crippen molar-refractivity contribution < 1.29 is 9.53 Å². The molecular formula is C14H16N4O2. The molecule has 0 saturated heterocycles. The van der Waals surface area contributed by atoms with Gasteiger partial charge in [-0.2, -0.15) is 0 Å². The van der Waals surface area contributed by atoms with E-state index in [-0.39, 0.29) is 17.4 Å². The Hall–Kier alpha value is -2.63. The molecule has 0 saturated carbocycles. The maximum atomic E-state index is 12.2. The van der Waals surface area contributed by atoms with Crippen molar-refractivity contribution >= 4 is 11.7 Å². The minimum absolute atomic E-state index is 0.227. The summed E-state index contributed by atoms with van der Waals surface area (Å²) in [4.78, 5) is 21.6. The van der Waals surface area contributed by atoms with Gasteiger partial charge in [-0.05, 0) is 17.7 Å². The second-order valence-electron chi connectivity index (χ2n) is 4.34. The number of amides is 1. The van der Waals surface area contributed by atoms with Crippen molar-refractivity contribution in [3.05, 3.63) is 47.9 Å². The minimum atomic E-state index is -0.229. The summed E-state index contributed by atoms with van der Waals surface area (Å²) >= 11 is 0. The van der Waals surface area contributed by atoms with Gasteiger partial charge in [0.1, 0.15) is 17.3 Å². The van der Waals surface area contributed by atoms with Crippen LogP contribution in [-0.2, 0) is 6.54 Å². The molecule has 2 rings (SSSR count). The lowest BCUT2D eigenvalue weighted by Crippen LogP contribution is -2.27. The van der Waals surface area contributed by atoms with Gasteiger partial charge in [0.2, 0.25) is 0 Å². The highest BCUT2D eigenvalue weighted by Crippen LogP contribution is 2.14. The van der Waals surface area contributed by atoms with Crippen molar-refractivity contribution in [3.8, 4) is 5.75 Å². The molecule has 20 heavy (non-hydrogen) atoms. The average Bonchev–Trinajstić information content (AvgIpc) is 2.46. The lowest BCUT2D eigenvalue weighted by atomic mass is 10.2. The lowest BCUT2D eigenvalue weighted by Gasteiger charge is -2.17. The number of carbonyl (C=O) groups is 1. The van der Waals surface area contributed by atoms with Crippen LogP contribution in [0.4, 0.5) is 5.82 Å². The number of carbonyl (C=O) groups excluding carboxylic acids is 1. The number of hydrogen-bond acceptors (Lipinski definition) is 5. The van der Waals surface area contributed by atoms with Gasteiger partial charge in [0, 0.05) is 13.6 Å². The smallest absolute Gasteiger partial charge is 0.274 e. The van der Waals surface area contributed by atoms with Gasteiger partial charge in [-0.3, -0.25) is 9.78 Å². The number of rotatable bonds is 4. The fourth-order valence-corrected chi connectivity index (χ4v) is 1.80. The van der Waals surface area contributed by atoms with Crippen LogP contribution in [0, 0.1) is 0 Å². The standard InChI is InChI=1S/C14H16N4O2/c1-18(9-10-4-3-5-11(6-10)20-2)14(19)12-7-16-8-13(15)17-12/h3-8H,9H2,1-2H3,(H2,15,17). The third-order valence-electron chi connectivity index (χ3n) is 2.77. The van der Waals surface area contributed by atoms with Gasteiger partial charge < -0.3 is 15.4 Å². The highest BCUT2D eigenvalue weighted by atomic mass is 16.5. The Morgan fingerprint density at radius 3 is 2.90 bits per heavy atom. The summed E-state index contributed by atoms with van der Waals surface area (Å²) in [6.07, 6.45) is 2.81. The molecule has 104 valence electrons. The molecule has 1 heterocycles. The second kappa shape index (κ2) is 6.01. The lowest BCUT2D eigenvalue weighted by molar-refractivity contribution is 0.0779. The van der Waals surface area contributed by atoms with E-state index in [9.17, 15) is 4.79 Å². The van der Waals surface area contributed by atoms with Crippen molar-refractivity contribution in [2.45, 2.75) is 6.54 Å². The van der Waals surface area contributed by atoms with Crippen molar-refractivity contribution in [2.24, 2.45) is 0 Å². The first-order valence-corrected chi connectivity index (χ1v) is 6.06. The number of nitrogens with zero attached hydrogens (tertiary/aromatic N) is 3. The van der Waals surface area contributed by atoms with Crippen LogP contribution >= 0.6 is 0 Å². The number of aromatic nitrogens is 2. The Morgan fingerprint density at radius 1 is 1.40 bits per heavy atom. The molecule has 0 unspecified atom stereocenters. The van der Waals surface area contributed by atoms with Gasteiger partial charge >= 0.3 is 0 Å². The average molecular weight is 272 g/mol. The summed E-state index contributed by atoms with van der Waals surface area (Å²) in [5.41, 5.74) is 6.73. The van der Waals surface area contributed by atoms with Crippen LogP contribution in [-0.4, -0.2) is 34.9 Å². The Balaban J connectivity index is 2.11. The molecular weight excluding hydrogens is 256 g/mol. The summed E-state index contributed by atoms with van der Waals surface area (Å²) in [5, 5.41) is 0. The van der Waals surface area contributed by atoms with Crippen LogP contribution in [0.15, 0.2) is 36.7 Å². The molecule has 1 aromatic heterocycles. The van der Waals surface area contributed by atoms with E-state index in [1.807, 2.05) is 24.3 Å². The predicted octanol–water partition coefficient (Wildman–Crippen LogP) is 1.34. The zero-order valence-corrected chi connectivity index (χ0v) is 11.4. The van der Waals surface area contributed by atoms with Crippen LogP contribution in [0.2, 0.25) is 0 Å². The second-order valence-corrected chi connectivity index (χ2v) is 4.34. The Kier molecular flexibility index (Phi) is 4.14. The van der Waals surface area contributed by atoms with Crippen LogP contribution in [0.5, 0.6) is 5.75 Å². The Bertz CT molecular complexity index is 616. The fourth-order valence-electron chi connectivity index (χ4n) is 1.80. The largest absolute Gasteiger partial charge is 0.497 e. The summed E-state index contributed by atoms with van der Waals surface area (Å²) in [5.74, 6) is 0.755. The number of hydrogen-bond donors (Lipinski definition) is 1. The maximum absolute atomic E-state index is 12.2. The molecule has 2 N–H and O–H groups in total. The van der Waals surface area contributed by atoms with Crippen LogP contribution in [0.25, 0.3) is 0 Å². The molecule has 1 amide bonds. The van der Waals surface area contributed by atoms with E-state index >= 15 is 0 Å². The summed E-state index contributed by atoms with van der Waals surface area (Å²) in [6, 6.07) is 7.55. The van der Waals surface area contributed by atoms with E-state index in [0.717, 1.165) is 11.3 Å². The molecule has 0 fully saturated rings. The molecule has 0 radical (unpaired) electrons. The highest BCUT2D eigenvalue weighted by molar-refractivity contribution is 5.92. The van der Waals surface area contributed by atoms with E-state index in [2.05, 4.69) is 9.97 Å². The van der Waals surface area contributed by atoms with E-state index in [0.29, 0.717) is 6.54 Å². The van der Waals surface area contributed by atoms with Crippen LogP contribution in [0.1, 0.15) is 16.1 Å². The number of nitrogens with two attached hydrogens (primary N) is 1. The van der Waals surface area contributed by atoms with E-state index in [4.69, 9.17) is 10.5 Å². The number of anilines is 1. The predicted molar refractivity (Wildman–Crippen MR) is 75.2 cm³/mol. The van der Waals surface area contributed by atoms with Crippen molar-refractivity contribution in [1.82, 2.24) is 14.9 Å². The molecule has 2 aromatic rings. The summed E-state index contributed by atoms with van der Waals surface area (Å²) in [6.45, 7) is 0.451. The van der Waals surface area contributed by atoms with Crippen LogP contribution < -0.4 is 10.5 Å². The van der Waals surface area contributed by atoms with E-state index < -0.39 is 0 Å². The monoisotopic (exact) mass is 272 g/mol. The summed E-state index contributed by atoms with van der Waals surface area (Å²) < 4.78 is 5.15. The molecule has 6 heteroatoms. The normalized spacial score (nSPS) is 10.1. The van der Waals surface area contributed by atoms with E-state index in [1.165, 1.54) is 12.4 Å². The van der Waals surface area contributed by atoms with Gasteiger partial charge in [0.05, 0.1) is 19.5 Å². The topological polar surface area (TPSA) is 81.3 Å². The highest BCUT2D eigenvalue weighted by Gasteiger charge is 2.14. The first-order chi connectivity index (χ1) is 9.60. The molecule has 0 aliphatic rings. The summed E-state index contributed by atoms with van der Waals surface area (Å²) in [7, 11) is 3.31. The van der Waals surface area contributed by atoms with Gasteiger partial charge in [-0.25, -0.2) is 4.98 Å². The molecule has 1 aromatic carbocycles. The zero-order valence-electron chi connectivity index (χ0n) is 11.4. The Morgan fingerprint density at radius 2 is 2.20 bits per heavy atom. The van der Waals surface area contributed by atoms with Gasteiger partial charge in [-0.15, -0.1) is 0 Å². The maximum Gasteiger partial charge on any atom is 0.274 e. The zero-order chi connectivity index (χ0) is 14.5. The number of ether oxygens (including phenoxy) is 1. The molecule has 0 bridgehead atoms. The number of benzene rings is 1. The van der Waals surface area contributed by atoms with Gasteiger partial charge in [0.15, 0.2) is 0 Å². The first kappa shape index (κ1) is 13.8.